The van der Waals surface area contributed by atoms with Gasteiger partial charge in [-0.25, -0.2) is 14.4 Å². The average Bonchev–Trinajstić information content (AvgIpc) is 2.65. The minimum Gasteiger partial charge on any atom is -0.494 e. The fraction of sp³-hybridized carbons (Fsp3) is 0.263. The predicted molar refractivity (Wildman–Crippen MR) is 95.3 cm³/mol. The van der Waals surface area contributed by atoms with Gasteiger partial charge in [-0.15, -0.1) is 0 Å². The quantitative estimate of drug-likeness (QED) is 0.705. The van der Waals surface area contributed by atoms with Crippen LogP contribution < -0.4 is 10.1 Å². The molecule has 0 aliphatic carbocycles. The highest BCUT2D eigenvalue weighted by Gasteiger charge is 2.14. The SMILES string of the molecule is CCOC(CNc1ncnc2cc(F)c(OC)cc12)c1ccccc1. The Morgan fingerprint density at radius 1 is 1.16 bits per heavy atom. The Bertz CT molecular complexity index is 843. The summed E-state index contributed by atoms with van der Waals surface area (Å²) in [6, 6.07) is 12.9. The molecule has 5 nitrogen and oxygen atoms in total. The summed E-state index contributed by atoms with van der Waals surface area (Å²) in [5.74, 6) is 0.329. The van der Waals surface area contributed by atoms with Crippen molar-refractivity contribution in [1.82, 2.24) is 9.97 Å². The highest BCUT2D eigenvalue weighted by molar-refractivity contribution is 5.90. The van der Waals surface area contributed by atoms with E-state index in [1.807, 2.05) is 37.3 Å². The number of nitrogens with one attached hydrogen (secondary N) is 1. The number of aromatic nitrogens is 2. The number of rotatable bonds is 7. The number of benzene rings is 2. The summed E-state index contributed by atoms with van der Waals surface area (Å²) in [5.41, 5.74) is 1.60. The van der Waals surface area contributed by atoms with E-state index in [9.17, 15) is 4.39 Å². The fourth-order valence-corrected chi connectivity index (χ4v) is 2.69. The zero-order chi connectivity index (χ0) is 17.6. The lowest BCUT2D eigenvalue weighted by Crippen LogP contribution is -2.16. The molecule has 1 N–H and O–H groups in total. The molecule has 0 spiro atoms. The van der Waals surface area contributed by atoms with Gasteiger partial charge < -0.3 is 14.8 Å². The normalized spacial score (nSPS) is 12.1. The van der Waals surface area contributed by atoms with E-state index in [4.69, 9.17) is 9.47 Å². The van der Waals surface area contributed by atoms with Gasteiger partial charge in [-0.2, -0.15) is 0 Å². The molecular weight excluding hydrogens is 321 g/mol. The second kappa shape index (κ2) is 7.90. The molecule has 3 rings (SSSR count). The summed E-state index contributed by atoms with van der Waals surface area (Å²) < 4.78 is 24.8. The summed E-state index contributed by atoms with van der Waals surface area (Å²) in [6.45, 7) is 3.10. The molecular formula is C19H20FN3O2. The maximum absolute atomic E-state index is 13.9. The van der Waals surface area contributed by atoms with Crippen LogP contribution in [0.15, 0.2) is 48.8 Å². The summed E-state index contributed by atoms with van der Waals surface area (Å²) >= 11 is 0. The number of methoxy groups -OCH3 is 1. The Hall–Kier alpha value is -2.73. The zero-order valence-electron chi connectivity index (χ0n) is 14.2. The first-order valence-electron chi connectivity index (χ1n) is 8.11. The van der Waals surface area contributed by atoms with Crippen LogP contribution in [-0.2, 0) is 4.74 Å². The second-order valence-electron chi connectivity index (χ2n) is 5.46. The van der Waals surface area contributed by atoms with Crippen molar-refractivity contribution < 1.29 is 13.9 Å². The molecule has 0 saturated heterocycles. The van der Waals surface area contributed by atoms with Gasteiger partial charge in [-0.05, 0) is 18.6 Å². The number of anilines is 1. The number of hydrogen-bond acceptors (Lipinski definition) is 5. The van der Waals surface area contributed by atoms with Gasteiger partial charge in [0.05, 0.1) is 18.7 Å². The van der Waals surface area contributed by atoms with Gasteiger partial charge >= 0.3 is 0 Å². The molecule has 1 heterocycles. The standard InChI is InChI=1S/C19H20FN3O2/c1-3-25-18(13-7-5-4-6-8-13)11-21-19-14-9-17(24-2)15(20)10-16(14)22-12-23-19/h4-10,12,18H,3,11H2,1-2H3,(H,21,22,23). The van der Waals surface area contributed by atoms with E-state index in [1.165, 1.54) is 19.5 Å². The van der Waals surface area contributed by atoms with Crippen molar-refractivity contribution in [2.75, 3.05) is 25.6 Å². The molecule has 130 valence electrons. The van der Waals surface area contributed by atoms with Crippen LogP contribution in [0.2, 0.25) is 0 Å². The first-order chi connectivity index (χ1) is 12.2. The van der Waals surface area contributed by atoms with Crippen LogP contribution in [0.3, 0.4) is 0 Å². The Morgan fingerprint density at radius 2 is 1.96 bits per heavy atom. The Kier molecular flexibility index (Phi) is 5.40. The van der Waals surface area contributed by atoms with Crippen molar-refractivity contribution >= 4 is 16.7 Å². The number of halogens is 1. The molecule has 0 saturated carbocycles. The predicted octanol–water partition coefficient (Wildman–Crippen LogP) is 3.97. The molecule has 2 aromatic carbocycles. The van der Waals surface area contributed by atoms with Gasteiger partial charge in [0.25, 0.3) is 0 Å². The number of fused-ring (bicyclic) bond motifs is 1. The maximum atomic E-state index is 13.9. The molecule has 0 amide bonds. The maximum Gasteiger partial charge on any atom is 0.167 e. The molecule has 1 aromatic heterocycles. The Morgan fingerprint density at radius 3 is 2.68 bits per heavy atom. The lowest BCUT2D eigenvalue weighted by molar-refractivity contribution is 0.0718. The molecule has 6 heteroatoms. The summed E-state index contributed by atoms with van der Waals surface area (Å²) in [4.78, 5) is 8.40. The van der Waals surface area contributed by atoms with Crippen LogP contribution >= 0.6 is 0 Å². The first-order valence-corrected chi connectivity index (χ1v) is 8.11. The zero-order valence-corrected chi connectivity index (χ0v) is 14.2. The van der Waals surface area contributed by atoms with Crippen molar-refractivity contribution in [2.45, 2.75) is 13.0 Å². The fourth-order valence-electron chi connectivity index (χ4n) is 2.69. The summed E-state index contributed by atoms with van der Waals surface area (Å²) in [5, 5.41) is 3.99. The number of ether oxygens (including phenoxy) is 2. The van der Waals surface area contributed by atoms with Crippen LogP contribution in [0.4, 0.5) is 10.2 Å². The molecule has 3 aromatic rings. The number of hydrogen-bond donors (Lipinski definition) is 1. The minimum atomic E-state index is -0.448. The molecule has 0 bridgehead atoms. The monoisotopic (exact) mass is 341 g/mol. The van der Waals surface area contributed by atoms with E-state index in [-0.39, 0.29) is 11.9 Å². The molecule has 25 heavy (non-hydrogen) atoms. The van der Waals surface area contributed by atoms with Crippen LogP contribution in [-0.4, -0.2) is 30.2 Å². The van der Waals surface area contributed by atoms with E-state index < -0.39 is 5.82 Å². The molecule has 1 unspecified atom stereocenters. The summed E-state index contributed by atoms with van der Waals surface area (Å²) in [7, 11) is 1.43. The molecule has 0 fully saturated rings. The van der Waals surface area contributed by atoms with Crippen LogP contribution in [0.1, 0.15) is 18.6 Å². The topological polar surface area (TPSA) is 56.3 Å². The summed E-state index contributed by atoms with van der Waals surface area (Å²) in [6.07, 6.45) is 1.30. The average molecular weight is 341 g/mol. The molecule has 0 radical (unpaired) electrons. The molecule has 1 atom stereocenters. The second-order valence-corrected chi connectivity index (χ2v) is 5.46. The van der Waals surface area contributed by atoms with Crippen molar-refractivity contribution in [2.24, 2.45) is 0 Å². The molecule has 0 aliphatic rings. The van der Waals surface area contributed by atoms with E-state index in [0.717, 1.165) is 5.56 Å². The van der Waals surface area contributed by atoms with Gasteiger partial charge in [0.15, 0.2) is 11.6 Å². The van der Waals surface area contributed by atoms with E-state index in [2.05, 4.69) is 15.3 Å². The van der Waals surface area contributed by atoms with Crippen molar-refractivity contribution in [3.63, 3.8) is 0 Å². The third-order valence-electron chi connectivity index (χ3n) is 3.90. The molecule has 0 aliphatic heterocycles. The van der Waals surface area contributed by atoms with Gasteiger partial charge in [-0.1, -0.05) is 30.3 Å². The van der Waals surface area contributed by atoms with Crippen LogP contribution in [0.5, 0.6) is 5.75 Å². The lowest BCUT2D eigenvalue weighted by atomic mass is 10.1. The highest BCUT2D eigenvalue weighted by atomic mass is 19.1. The van der Waals surface area contributed by atoms with Crippen molar-refractivity contribution in [3.8, 4) is 5.75 Å². The van der Waals surface area contributed by atoms with E-state index in [1.54, 1.807) is 6.07 Å². The largest absolute Gasteiger partial charge is 0.494 e. The smallest absolute Gasteiger partial charge is 0.167 e. The van der Waals surface area contributed by atoms with Gasteiger partial charge in [0.1, 0.15) is 12.1 Å². The minimum absolute atomic E-state index is 0.112. The first kappa shape index (κ1) is 17.1. The third kappa shape index (κ3) is 3.85. The van der Waals surface area contributed by atoms with Crippen molar-refractivity contribution in [1.29, 1.82) is 0 Å². The van der Waals surface area contributed by atoms with Crippen molar-refractivity contribution in [3.05, 3.63) is 60.2 Å². The van der Waals surface area contributed by atoms with E-state index in [0.29, 0.717) is 29.9 Å². The van der Waals surface area contributed by atoms with E-state index >= 15 is 0 Å². The third-order valence-corrected chi connectivity index (χ3v) is 3.90. The highest BCUT2D eigenvalue weighted by Crippen LogP contribution is 2.28. The Balaban J connectivity index is 1.86. The number of nitrogens with zero attached hydrogens (tertiary/aromatic N) is 2. The van der Waals surface area contributed by atoms with Crippen LogP contribution in [0.25, 0.3) is 10.9 Å². The van der Waals surface area contributed by atoms with Gasteiger partial charge in [-0.3, -0.25) is 0 Å². The van der Waals surface area contributed by atoms with Gasteiger partial charge in [0.2, 0.25) is 0 Å². The lowest BCUT2D eigenvalue weighted by Gasteiger charge is -2.19. The Labute approximate surface area is 145 Å². The van der Waals surface area contributed by atoms with Gasteiger partial charge in [0, 0.05) is 24.6 Å². The van der Waals surface area contributed by atoms with Crippen LogP contribution in [0, 0.1) is 5.82 Å².